The number of carbonyl (C=O) groups excluding carboxylic acids is 1. The van der Waals surface area contributed by atoms with E-state index in [0.717, 1.165) is 32.9 Å². The first-order valence-corrected chi connectivity index (χ1v) is 9.97. The van der Waals surface area contributed by atoms with Crippen molar-refractivity contribution >= 4 is 45.7 Å². The van der Waals surface area contributed by atoms with Gasteiger partial charge in [-0.15, -0.1) is 11.3 Å². The van der Waals surface area contributed by atoms with Crippen LogP contribution in [0.2, 0.25) is 0 Å². The second kappa shape index (κ2) is 12.0. The van der Waals surface area contributed by atoms with Gasteiger partial charge in [0.05, 0.1) is 22.9 Å². The highest BCUT2D eigenvalue weighted by Gasteiger charge is 2.14. The molecule has 0 saturated carbocycles. The molecule has 2 rings (SSSR count). The SMILES string of the molecule is C/C=C\CC.Cc1sc2nccc(N(C)C)c2c1N=CN(C=O)/C=C/C(C)O. The van der Waals surface area contributed by atoms with Gasteiger partial charge in [0.15, 0.2) is 0 Å². The number of anilines is 1. The molecule has 0 saturated heterocycles. The Balaban J connectivity index is 0.000000696. The lowest BCUT2D eigenvalue weighted by Crippen LogP contribution is -2.13. The number of nitrogens with zero attached hydrogens (tertiary/aromatic N) is 4. The van der Waals surface area contributed by atoms with Crippen molar-refractivity contribution in [2.45, 2.75) is 40.2 Å². The molecule has 1 atom stereocenters. The first kappa shape index (κ1) is 23.5. The van der Waals surface area contributed by atoms with Gasteiger partial charge < -0.3 is 10.0 Å². The third-order valence-electron chi connectivity index (χ3n) is 3.65. The molecule has 2 aromatic rings. The number of carbonyl (C=O) groups is 1. The van der Waals surface area contributed by atoms with E-state index < -0.39 is 6.10 Å². The highest BCUT2D eigenvalue weighted by atomic mass is 32.1. The van der Waals surface area contributed by atoms with Crippen LogP contribution in [0.3, 0.4) is 0 Å². The minimum Gasteiger partial charge on any atom is -0.389 e. The summed E-state index contributed by atoms with van der Waals surface area (Å²) in [6.45, 7) is 7.75. The zero-order valence-corrected chi connectivity index (χ0v) is 18.3. The number of aromatic nitrogens is 1. The number of rotatable bonds is 7. The molecule has 0 bridgehead atoms. The maximum absolute atomic E-state index is 11.1. The molecule has 152 valence electrons. The van der Waals surface area contributed by atoms with E-state index in [1.165, 1.54) is 23.5 Å². The van der Waals surface area contributed by atoms with Gasteiger partial charge in [0.2, 0.25) is 6.41 Å². The van der Waals surface area contributed by atoms with Crippen molar-refractivity contribution in [1.29, 1.82) is 0 Å². The van der Waals surface area contributed by atoms with Crippen molar-refractivity contribution in [3.05, 3.63) is 41.6 Å². The minimum atomic E-state index is -0.626. The van der Waals surface area contributed by atoms with Gasteiger partial charge in [-0.05, 0) is 39.3 Å². The van der Waals surface area contributed by atoms with E-state index in [4.69, 9.17) is 0 Å². The molecule has 0 aromatic carbocycles. The molecular weight excluding hydrogens is 372 g/mol. The molecule has 7 heteroatoms. The summed E-state index contributed by atoms with van der Waals surface area (Å²) in [5, 5.41) is 10.2. The van der Waals surface area contributed by atoms with Crippen molar-refractivity contribution in [3.8, 4) is 0 Å². The van der Waals surface area contributed by atoms with Gasteiger partial charge >= 0.3 is 0 Å². The van der Waals surface area contributed by atoms with Crippen LogP contribution in [0.5, 0.6) is 0 Å². The van der Waals surface area contributed by atoms with Crippen molar-refractivity contribution < 1.29 is 9.90 Å². The van der Waals surface area contributed by atoms with E-state index >= 15 is 0 Å². The summed E-state index contributed by atoms with van der Waals surface area (Å²) in [7, 11) is 3.94. The maximum atomic E-state index is 11.1. The van der Waals surface area contributed by atoms with Gasteiger partial charge in [-0.25, -0.2) is 9.98 Å². The number of hydrogen-bond acceptors (Lipinski definition) is 6. The van der Waals surface area contributed by atoms with Crippen molar-refractivity contribution in [2.75, 3.05) is 19.0 Å². The Kier molecular flexibility index (Phi) is 10.1. The van der Waals surface area contributed by atoms with Crippen LogP contribution >= 0.6 is 11.3 Å². The van der Waals surface area contributed by atoms with E-state index in [-0.39, 0.29) is 0 Å². The highest BCUT2D eigenvalue weighted by Crippen LogP contribution is 2.41. The first-order chi connectivity index (χ1) is 13.3. The van der Waals surface area contributed by atoms with Gasteiger partial charge in [0.1, 0.15) is 11.2 Å². The van der Waals surface area contributed by atoms with E-state index in [2.05, 4.69) is 29.1 Å². The smallest absolute Gasteiger partial charge is 0.218 e. The van der Waals surface area contributed by atoms with Crippen LogP contribution in [-0.2, 0) is 4.79 Å². The summed E-state index contributed by atoms with van der Waals surface area (Å²) >= 11 is 1.57. The Bertz CT molecular complexity index is 838. The Morgan fingerprint density at radius 1 is 1.39 bits per heavy atom. The molecule has 0 spiro atoms. The third kappa shape index (κ3) is 6.90. The molecular formula is C21H30N4O2S. The molecule has 1 unspecified atom stereocenters. The summed E-state index contributed by atoms with van der Waals surface area (Å²) in [5.74, 6) is 0. The number of thiophene rings is 1. The molecule has 2 heterocycles. The third-order valence-corrected chi connectivity index (χ3v) is 4.65. The van der Waals surface area contributed by atoms with Gasteiger partial charge in [-0.3, -0.25) is 9.69 Å². The Labute approximate surface area is 171 Å². The van der Waals surface area contributed by atoms with Crippen LogP contribution < -0.4 is 4.90 Å². The van der Waals surface area contributed by atoms with Crippen LogP contribution in [-0.4, -0.2) is 47.9 Å². The minimum absolute atomic E-state index is 0.626. The second-order valence-electron chi connectivity index (χ2n) is 6.27. The number of allylic oxidation sites excluding steroid dienone is 2. The monoisotopic (exact) mass is 402 g/mol. The van der Waals surface area contributed by atoms with Crippen LogP contribution in [0.4, 0.5) is 11.4 Å². The van der Waals surface area contributed by atoms with Crippen LogP contribution in [0.15, 0.2) is 41.7 Å². The summed E-state index contributed by atoms with van der Waals surface area (Å²) in [6, 6.07) is 1.94. The number of pyridine rings is 1. The maximum Gasteiger partial charge on any atom is 0.218 e. The second-order valence-corrected chi connectivity index (χ2v) is 7.47. The van der Waals surface area contributed by atoms with E-state index in [1.54, 1.807) is 24.5 Å². The lowest BCUT2D eigenvalue weighted by atomic mass is 10.2. The fourth-order valence-corrected chi connectivity index (χ4v) is 3.27. The summed E-state index contributed by atoms with van der Waals surface area (Å²) in [5.41, 5.74) is 1.84. The predicted octanol–water partition coefficient (Wildman–Crippen LogP) is 4.66. The van der Waals surface area contributed by atoms with E-state index in [0.29, 0.717) is 6.41 Å². The average molecular weight is 403 g/mol. The molecule has 1 N–H and O–H groups in total. The zero-order chi connectivity index (χ0) is 21.1. The average Bonchev–Trinajstić information content (AvgIpc) is 2.98. The lowest BCUT2D eigenvalue weighted by molar-refractivity contribution is -0.113. The van der Waals surface area contributed by atoms with Crippen molar-refractivity contribution in [2.24, 2.45) is 4.99 Å². The molecule has 0 aliphatic carbocycles. The predicted molar refractivity (Wildman–Crippen MR) is 121 cm³/mol. The number of aryl methyl sites for hydroxylation is 1. The number of fused-ring (bicyclic) bond motifs is 1. The van der Waals surface area contributed by atoms with Gasteiger partial charge in [-0.1, -0.05) is 19.1 Å². The fraction of sp³-hybridized carbons (Fsp3) is 0.381. The topological polar surface area (TPSA) is 69.0 Å². The molecule has 0 aliphatic rings. The number of amides is 1. The first-order valence-electron chi connectivity index (χ1n) is 9.15. The van der Waals surface area contributed by atoms with Crippen LogP contribution in [0.25, 0.3) is 10.2 Å². The van der Waals surface area contributed by atoms with Crippen molar-refractivity contribution in [1.82, 2.24) is 9.88 Å². The number of hydrogen-bond donors (Lipinski definition) is 1. The molecule has 0 aliphatic heterocycles. The molecule has 0 fully saturated rings. The van der Waals surface area contributed by atoms with E-state index in [9.17, 15) is 9.90 Å². The largest absolute Gasteiger partial charge is 0.389 e. The summed E-state index contributed by atoms with van der Waals surface area (Å²) in [4.78, 5) is 25.2. The summed E-state index contributed by atoms with van der Waals surface area (Å²) in [6.07, 6.45) is 11.6. The molecule has 6 nitrogen and oxygen atoms in total. The molecule has 28 heavy (non-hydrogen) atoms. The number of aliphatic hydroxyl groups is 1. The number of aliphatic hydroxyl groups excluding tert-OH is 1. The Morgan fingerprint density at radius 2 is 2.11 bits per heavy atom. The highest BCUT2D eigenvalue weighted by molar-refractivity contribution is 7.19. The van der Waals surface area contributed by atoms with Gasteiger partial charge in [0, 0.05) is 31.4 Å². The Morgan fingerprint density at radius 3 is 2.61 bits per heavy atom. The van der Waals surface area contributed by atoms with Crippen LogP contribution in [0, 0.1) is 6.92 Å². The Hall–Kier alpha value is -2.51. The fourth-order valence-electron chi connectivity index (χ4n) is 2.32. The molecule has 2 aromatic heterocycles. The normalized spacial score (nSPS) is 12.5. The van der Waals surface area contributed by atoms with Gasteiger partial charge in [0.25, 0.3) is 0 Å². The standard InChI is InChI=1S/C16H20N4O2S.C5H10/c1-11(22)6-8-20(10-21)9-18-15-12(2)23-16-14(15)13(19(3)4)5-7-17-16;1-3-5-4-2/h5-11,22H,1-4H3;3,5H,4H2,1-2H3/b8-6+,18-9?;5-3-. The molecule has 0 radical (unpaired) electrons. The lowest BCUT2D eigenvalue weighted by Gasteiger charge is -2.13. The van der Waals surface area contributed by atoms with Crippen molar-refractivity contribution in [3.63, 3.8) is 0 Å². The number of aliphatic imine (C=N–C) groups is 1. The summed E-state index contributed by atoms with van der Waals surface area (Å²) < 4.78 is 0. The van der Waals surface area contributed by atoms with Gasteiger partial charge in [-0.2, -0.15) is 0 Å². The zero-order valence-electron chi connectivity index (χ0n) is 17.5. The van der Waals surface area contributed by atoms with E-state index in [1.807, 2.05) is 38.9 Å². The van der Waals surface area contributed by atoms with Crippen LogP contribution in [0.1, 0.15) is 32.1 Å². The molecule has 1 amide bonds. The quantitative estimate of drug-likeness (QED) is 0.317.